The lowest BCUT2D eigenvalue weighted by Gasteiger charge is -2.45. The number of ether oxygens (including phenoxy) is 5. The summed E-state index contributed by atoms with van der Waals surface area (Å²) in [6, 6.07) is 8.47. The number of Topliss-reactive ketones (excluding diaryl/α,β-unsaturated/α-hetero) is 1. The molecule has 55 heavy (non-hydrogen) atoms. The van der Waals surface area contributed by atoms with Gasteiger partial charge in [-0.3, -0.25) is 9.78 Å². The van der Waals surface area contributed by atoms with Crippen molar-refractivity contribution in [2.24, 2.45) is 5.92 Å². The van der Waals surface area contributed by atoms with Crippen LogP contribution in [0.4, 0.5) is 9.18 Å². The van der Waals surface area contributed by atoms with E-state index in [0.717, 1.165) is 23.4 Å². The molecule has 3 saturated heterocycles. The normalized spacial score (nSPS) is 38.3. The van der Waals surface area contributed by atoms with Gasteiger partial charge in [-0.1, -0.05) is 44.2 Å². The van der Waals surface area contributed by atoms with E-state index in [4.69, 9.17) is 23.7 Å². The first kappa shape index (κ1) is 42.6. The van der Waals surface area contributed by atoms with E-state index in [0.29, 0.717) is 19.4 Å². The number of aromatic nitrogens is 1. The summed E-state index contributed by atoms with van der Waals surface area (Å²) in [7, 11) is 3.71. The van der Waals surface area contributed by atoms with Crippen molar-refractivity contribution in [3.05, 3.63) is 48.2 Å². The summed E-state index contributed by atoms with van der Waals surface area (Å²) in [6.45, 7) is 12.3. The molecule has 304 valence electrons. The molecule has 1 amide bonds. The largest absolute Gasteiger partial charge is 0.455 e. The summed E-state index contributed by atoms with van der Waals surface area (Å²) >= 11 is 0. The second kappa shape index (κ2) is 17.3. The van der Waals surface area contributed by atoms with E-state index in [9.17, 15) is 19.5 Å². The number of aliphatic hydroxyl groups is 1. The van der Waals surface area contributed by atoms with Gasteiger partial charge in [-0.25, -0.2) is 14.0 Å². The number of carbonyl (C=O) groups excluding carboxylic acids is 3. The fourth-order valence-corrected chi connectivity index (χ4v) is 8.15. The average molecular weight is 771 g/mol. The first-order valence-electron chi connectivity index (χ1n) is 19.3. The molecular weight excluding hydrogens is 711 g/mol. The van der Waals surface area contributed by atoms with E-state index in [2.05, 4.69) is 15.6 Å². The molecule has 3 unspecified atom stereocenters. The topological polar surface area (TPSA) is 158 Å². The van der Waals surface area contributed by atoms with Crippen LogP contribution in [-0.4, -0.2) is 126 Å². The number of hydrogen-bond acceptors (Lipinski definition) is 12. The van der Waals surface area contributed by atoms with Crippen LogP contribution in [0.5, 0.6) is 0 Å². The molecule has 2 aromatic rings. The number of likely N-dealkylation sites (N-methyl/N-ethyl adjacent to an activating group) is 1. The van der Waals surface area contributed by atoms with Crippen molar-refractivity contribution < 1.29 is 47.6 Å². The smallest absolute Gasteiger partial charge is 0.408 e. The minimum absolute atomic E-state index is 0.0790. The van der Waals surface area contributed by atoms with Crippen LogP contribution in [-0.2, 0) is 33.3 Å². The summed E-state index contributed by atoms with van der Waals surface area (Å²) < 4.78 is 47.4. The first-order valence-corrected chi connectivity index (χ1v) is 19.3. The summed E-state index contributed by atoms with van der Waals surface area (Å²) in [4.78, 5) is 46.8. The third kappa shape index (κ3) is 9.54. The Morgan fingerprint density at radius 2 is 1.85 bits per heavy atom. The molecule has 0 bridgehead atoms. The number of alkyl halides is 1. The highest BCUT2D eigenvalue weighted by atomic mass is 19.1. The summed E-state index contributed by atoms with van der Waals surface area (Å²) in [5.74, 6) is -2.62. The quantitative estimate of drug-likeness (QED) is 0.251. The number of pyridine rings is 1. The monoisotopic (exact) mass is 770 g/mol. The molecule has 13 nitrogen and oxygen atoms in total. The van der Waals surface area contributed by atoms with Gasteiger partial charge in [0.2, 0.25) is 0 Å². The van der Waals surface area contributed by atoms with Crippen molar-refractivity contribution in [2.45, 2.75) is 140 Å². The van der Waals surface area contributed by atoms with Crippen molar-refractivity contribution in [1.29, 1.82) is 0 Å². The van der Waals surface area contributed by atoms with E-state index < -0.39 is 71.8 Å². The van der Waals surface area contributed by atoms with E-state index in [1.807, 2.05) is 82.3 Å². The molecule has 14 heteroatoms. The number of ketones is 1. The van der Waals surface area contributed by atoms with Gasteiger partial charge in [0.1, 0.15) is 12.2 Å². The predicted molar refractivity (Wildman–Crippen MR) is 205 cm³/mol. The fourth-order valence-electron chi connectivity index (χ4n) is 8.15. The Morgan fingerprint density at radius 3 is 2.56 bits per heavy atom. The number of amides is 1. The highest BCUT2D eigenvalue weighted by Gasteiger charge is 2.57. The van der Waals surface area contributed by atoms with E-state index in [1.165, 1.54) is 0 Å². The Kier molecular flexibility index (Phi) is 13.4. The van der Waals surface area contributed by atoms with Gasteiger partial charge in [-0.05, 0) is 98.1 Å². The third-order valence-corrected chi connectivity index (χ3v) is 11.5. The Bertz CT molecular complexity index is 1710. The number of fused-ring (bicyclic) bond motifs is 2. The minimum atomic E-state index is -3.11. The third-order valence-electron chi connectivity index (χ3n) is 11.5. The number of esters is 1. The zero-order valence-corrected chi connectivity index (χ0v) is 33.5. The molecule has 3 fully saturated rings. The molecule has 3 N–H and O–H groups in total. The van der Waals surface area contributed by atoms with Crippen molar-refractivity contribution in [3.63, 3.8) is 0 Å². The van der Waals surface area contributed by atoms with Crippen molar-refractivity contribution >= 4 is 34.8 Å². The number of halogens is 1. The van der Waals surface area contributed by atoms with Crippen LogP contribution in [0.25, 0.3) is 17.0 Å². The van der Waals surface area contributed by atoms with E-state index in [-0.39, 0.29) is 37.1 Å². The van der Waals surface area contributed by atoms with E-state index in [1.54, 1.807) is 27.0 Å². The number of rotatable bonds is 8. The van der Waals surface area contributed by atoms with Crippen molar-refractivity contribution in [2.75, 3.05) is 27.2 Å². The molecule has 3 aliphatic rings. The second-order valence-corrected chi connectivity index (χ2v) is 16.3. The number of nitrogens with one attached hydrogen (secondary N) is 2. The molecule has 0 spiro atoms. The Morgan fingerprint density at radius 1 is 1.13 bits per heavy atom. The number of alkyl carbamates (subject to hydrolysis) is 1. The lowest BCUT2D eigenvalue weighted by molar-refractivity contribution is -0.291. The molecule has 3 aliphatic heterocycles. The highest BCUT2D eigenvalue weighted by molar-refractivity contribution is 6.07. The summed E-state index contributed by atoms with van der Waals surface area (Å²) in [6.07, 6.45) is 0.375. The fraction of sp³-hybridized carbons (Fsp3) is 0.659. The zero-order valence-electron chi connectivity index (χ0n) is 33.5. The molecule has 0 radical (unpaired) electrons. The molecule has 0 aliphatic carbocycles. The lowest BCUT2D eigenvalue weighted by atomic mass is 9.83. The maximum Gasteiger partial charge on any atom is 0.408 e. The Balaban J connectivity index is 1.51. The summed E-state index contributed by atoms with van der Waals surface area (Å²) in [5, 5.41) is 18.8. The molecular formula is C41H59FN4O9. The van der Waals surface area contributed by atoms with Crippen LogP contribution in [0.1, 0.15) is 79.7 Å². The molecule has 1 aromatic carbocycles. The van der Waals surface area contributed by atoms with Crippen LogP contribution in [0.2, 0.25) is 0 Å². The van der Waals surface area contributed by atoms with Gasteiger partial charge in [0.25, 0.3) is 5.67 Å². The van der Waals surface area contributed by atoms with Gasteiger partial charge in [0.15, 0.2) is 17.7 Å². The minimum Gasteiger partial charge on any atom is -0.455 e. The Hall–Kier alpha value is -3.53. The second-order valence-electron chi connectivity index (χ2n) is 16.3. The van der Waals surface area contributed by atoms with Crippen LogP contribution >= 0.6 is 0 Å². The first-order chi connectivity index (χ1) is 25.9. The molecule has 0 saturated carbocycles. The molecule has 1 aromatic heterocycles. The molecule has 12 atom stereocenters. The van der Waals surface area contributed by atoms with Crippen LogP contribution in [0.3, 0.4) is 0 Å². The number of aliphatic hydroxyl groups excluding tert-OH is 1. The maximum absolute atomic E-state index is 16.7. The van der Waals surface area contributed by atoms with Crippen molar-refractivity contribution in [1.82, 2.24) is 20.5 Å². The number of carbonyl (C=O) groups is 3. The maximum atomic E-state index is 16.7. The number of hydrogen-bond donors (Lipinski definition) is 3. The van der Waals surface area contributed by atoms with Crippen LogP contribution in [0.15, 0.2) is 42.6 Å². The number of cyclic esters (lactones) is 1. The highest BCUT2D eigenvalue weighted by Crippen LogP contribution is 2.37. The number of nitrogens with zero attached hydrogens (tertiary/aromatic N) is 2. The number of para-hydroxylation sites is 1. The summed E-state index contributed by atoms with van der Waals surface area (Å²) in [5.41, 5.74) is -4.02. The Labute approximate surface area is 323 Å². The van der Waals surface area contributed by atoms with Gasteiger partial charge in [-0.2, -0.15) is 0 Å². The van der Waals surface area contributed by atoms with Gasteiger partial charge in [-0.15, -0.1) is 0 Å². The molecule has 4 heterocycles. The van der Waals surface area contributed by atoms with Crippen LogP contribution < -0.4 is 10.6 Å². The van der Waals surface area contributed by atoms with Gasteiger partial charge >= 0.3 is 12.1 Å². The average Bonchev–Trinajstić information content (AvgIpc) is 3.45. The van der Waals surface area contributed by atoms with Gasteiger partial charge in [0, 0.05) is 30.1 Å². The standard InChI is InChI=1S/C41H59FN4O9/c1-10-32-41(7)35(45-38(50)55-41)26(4)43-22-24(2)21-39(5,51-17-13-14-27-19-28-15-11-12-16-29(28)44-23-27)33(20-31(47)40(6,42)37(49)54-32)53-36-34(48)30(46(8)9)18-25(3)52-36/h11-16,19,23-26,30,32-36,43,48H,10,17-18,20-22H2,1-9H3,(H,45,50)/b14-13+/t24-,25-,26-,30?,32-,33-,34?,35-,36+,39-,40?,41-/m1/s1. The molecule has 5 rings (SSSR count). The van der Waals surface area contributed by atoms with E-state index >= 15 is 4.39 Å². The SMILES string of the molecule is CC[C@H]1OC(=O)C(C)(F)C(=O)C[C@@H](O[C@@H]2O[C@H](C)CC(N(C)C)C2O)[C@](C)(OC/C=C/c2cnc3ccccc3c2)C[C@@H](C)CN[C@H](C)[C@H]2NC(=O)O[C@@]21C. The predicted octanol–water partition coefficient (Wildman–Crippen LogP) is 4.73. The number of benzene rings is 1. The van der Waals surface area contributed by atoms with Gasteiger partial charge in [0.05, 0.1) is 36.0 Å². The van der Waals surface area contributed by atoms with Crippen molar-refractivity contribution in [3.8, 4) is 0 Å². The lowest BCUT2D eigenvalue weighted by Crippen LogP contribution is -2.60. The zero-order chi connectivity index (χ0) is 40.3. The van der Waals surface area contributed by atoms with Crippen LogP contribution in [0, 0.1) is 5.92 Å². The van der Waals surface area contributed by atoms with Gasteiger partial charge < -0.3 is 44.3 Å².